The highest BCUT2D eigenvalue weighted by Gasteiger charge is 2.24. The first-order valence-corrected chi connectivity index (χ1v) is 7.98. The summed E-state index contributed by atoms with van der Waals surface area (Å²) in [5.41, 5.74) is 1.36. The minimum absolute atomic E-state index is 0.332. The van der Waals surface area contributed by atoms with Crippen molar-refractivity contribution in [2.45, 2.75) is 32.3 Å². The van der Waals surface area contributed by atoms with Gasteiger partial charge < -0.3 is 4.74 Å². The van der Waals surface area contributed by atoms with Gasteiger partial charge in [-0.25, -0.2) is 0 Å². The van der Waals surface area contributed by atoms with E-state index in [1.807, 2.05) is 0 Å². The molecule has 1 aliphatic heterocycles. The number of alkyl halides is 1. The molecule has 0 saturated heterocycles. The highest BCUT2D eigenvalue weighted by atomic mass is 79.9. The maximum absolute atomic E-state index is 6.01. The van der Waals surface area contributed by atoms with Gasteiger partial charge in [-0.3, -0.25) is 4.90 Å². The zero-order valence-electron chi connectivity index (χ0n) is 11.1. The molecule has 2 rings (SSSR count). The topological polar surface area (TPSA) is 12.5 Å². The molecule has 0 aliphatic carbocycles. The van der Waals surface area contributed by atoms with Crippen molar-refractivity contribution in [2.75, 3.05) is 25.0 Å². The molecule has 1 heterocycles. The van der Waals surface area contributed by atoms with E-state index in [1.54, 1.807) is 0 Å². The lowest BCUT2D eigenvalue weighted by Gasteiger charge is -2.24. The van der Waals surface area contributed by atoms with Crippen molar-refractivity contribution in [1.29, 1.82) is 0 Å². The van der Waals surface area contributed by atoms with E-state index in [2.05, 4.69) is 52.0 Å². The minimum Gasteiger partial charge on any atom is -0.488 e. The molecule has 1 atom stereocenters. The number of hydrogen-bond acceptors (Lipinski definition) is 2. The molecule has 1 unspecified atom stereocenters. The lowest BCUT2D eigenvalue weighted by molar-refractivity contribution is 0.154. The molecule has 1 aliphatic rings. The maximum atomic E-state index is 6.01. The first-order chi connectivity index (χ1) is 8.83. The second-order valence-electron chi connectivity index (χ2n) is 4.89. The lowest BCUT2D eigenvalue weighted by atomic mass is 10.1. The molecule has 1 aromatic carbocycles. The van der Waals surface area contributed by atoms with Crippen LogP contribution in [0.15, 0.2) is 24.3 Å². The first kappa shape index (κ1) is 13.9. The van der Waals surface area contributed by atoms with Crippen LogP contribution in [0.3, 0.4) is 0 Å². The van der Waals surface area contributed by atoms with Crippen molar-refractivity contribution in [2.24, 2.45) is 0 Å². The average molecular weight is 312 g/mol. The van der Waals surface area contributed by atoms with Gasteiger partial charge in [-0.15, -0.1) is 0 Å². The second-order valence-corrected chi connectivity index (χ2v) is 5.69. The number of benzene rings is 1. The second kappa shape index (κ2) is 7.15. The Labute approximate surface area is 118 Å². The Bertz CT molecular complexity index is 344. The third kappa shape index (κ3) is 3.72. The normalized spacial score (nSPS) is 17.8. The monoisotopic (exact) mass is 311 g/mol. The lowest BCUT2D eigenvalue weighted by Crippen LogP contribution is -2.36. The average Bonchev–Trinajstić information content (AvgIpc) is 2.78. The van der Waals surface area contributed by atoms with Crippen molar-refractivity contribution in [3.63, 3.8) is 0 Å². The molecule has 100 valence electrons. The Hall–Kier alpha value is -0.540. The standard InChI is InChI=1S/C15H22BrNO/c1-2-3-9-17(10-8-16)12-14-11-13-6-4-5-7-15(13)18-14/h4-7,14H,2-3,8-12H2,1H3. The van der Waals surface area contributed by atoms with Crippen LogP contribution < -0.4 is 4.74 Å². The van der Waals surface area contributed by atoms with Gasteiger partial charge >= 0.3 is 0 Å². The van der Waals surface area contributed by atoms with Crippen LogP contribution in [0.2, 0.25) is 0 Å². The smallest absolute Gasteiger partial charge is 0.123 e. The van der Waals surface area contributed by atoms with E-state index in [1.165, 1.54) is 24.9 Å². The van der Waals surface area contributed by atoms with Crippen LogP contribution >= 0.6 is 15.9 Å². The molecule has 0 radical (unpaired) electrons. The van der Waals surface area contributed by atoms with Crippen LogP contribution in [-0.2, 0) is 6.42 Å². The van der Waals surface area contributed by atoms with Gasteiger partial charge in [-0.1, -0.05) is 47.5 Å². The van der Waals surface area contributed by atoms with Crippen LogP contribution in [0.5, 0.6) is 5.75 Å². The quantitative estimate of drug-likeness (QED) is 0.715. The number of ether oxygens (including phenoxy) is 1. The summed E-state index contributed by atoms with van der Waals surface area (Å²) in [6.07, 6.45) is 3.91. The molecule has 2 nitrogen and oxygen atoms in total. The van der Waals surface area contributed by atoms with Crippen molar-refractivity contribution in [3.05, 3.63) is 29.8 Å². The molecular weight excluding hydrogens is 290 g/mol. The van der Waals surface area contributed by atoms with E-state index in [0.29, 0.717) is 6.10 Å². The fraction of sp³-hybridized carbons (Fsp3) is 0.600. The molecule has 3 heteroatoms. The summed E-state index contributed by atoms with van der Waals surface area (Å²) in [7, 11) is 0. The molecule has 0 aromatic heterocycles. The van der Waals surface area contributed by atoms with Crippen molar-refractivity contribution in [3.8, 4) is 5.75 Å². The Balaban J connectivity index is 1.86. The summed E-state index contributed by atoms with van der Waals surface area (Å²) in [6, 6.07) is 8.40. The van der Waals surface area contributed by atoms with E-state index >= 15 is 0 Å². The molecule has 1 aromatic rings. The van der Waals surface area contributed by atoms with Gasteiger partial charge in [0.2, 0.25) is 0 Å². The molecule has 0 spiro atoms. The molecule has 0 amide bonds. The van der Waals surface area contributed by atoms with Crippen LogP contribution in [-0.4, -0.2) is 36.0 Å². The number of nitrogens with zero attached hydrogens (tertiary/aromatic N) is 1. The third-order valence-electron chi connectivity index (χ3n) is 3.40. The number of fused-ring (bicyclic) bond motifs is 1. The van der Waals surface area contributed by atoms with Crippen molar-refractivity contribution >= 4 is 15.9 Å². The highest BCUT2D eigenvalue weighted by molar-refractivity contribution is 9.09. The molecule has 18 heavy (non-hydrogen) atoms. The van der Waals surface area contributed by atoms with Crippen LogP contribution in [0.4, 0.5) is 0 Å². The van der Waals surface area contributed by atoms with Gasteiger partial charge in [0.15, 0.2) is 0 Å². The summed E-state index contributed by atoms with van der Waals surface area (Å²) in [4.78, 5) is 2.51. The van der Waals surface area contributed by atoms with Gasteiger partial charge in [0.1, 0.15) is 11.9 Å². The number of rotatable bonds is 7. The Morgan fingerprint density at radius 3 is 2.89 bits per heavy atom. The highest BCUT2D eigenvalue weighted by Crippen LogP contribution is 2.28. The zero-order chi connectivity index (χ0) is 12.8. The van der Waals surface area contributed by atoms with Crippen LogP contribution in [0.1, 0.15) is 25.3 Å². The SMILES string of the molecule is CCCCN(CCBr)CC1Cc2ccccc2O1. The summed E-state index contributed by atoms with van der Waals surface area (Å²) in [5.74, 6) is 1.08. The molecule has 0 fully saturated rings. The number of hydrogen-bond donors (Lipinski definition) is 0. The van der Waals surface area contributed by atoms with Crippen LogP contribution in [0.25, 0.3) is 0 Å². The summed E-state index contributed by atoms with van der Waals surface area (Å²) >= 11 is 3.54. The largest absolute Gasteiger partial charge is 0.488 e. The van der Waals surface area contributed by atoms with Crippen molar-refractivity contribution < 1.29 is 4.74 Å². The van der Waals surface area contributed by atoms with Gasteiger partial charge in [0.25, 0.3) is 0 Å². The molecular formula is C15H22BrNO. The Morgan fingerprint density at radius 1 is 1.33 bits per heavy atom. The number of unbranched alkanes of at least 4 members (excludes halogenated alkanes) is 1. The van der Waals surface area contributed by atoms with Gasteiger partial charge in [0, 0.05) is 24.8 Å². The fourth-order valence-corrected chi connectivity index (χ4v) is 2.94. The Kier molecular flexibility index (Phi) is 5.51. The fourth-order valence-electron chi connectivity index (χ4n) is 2.44. The predicted octanol–water partition coefficient (Wildman–Crippen LogP) is 3.49. The molecule has 0 saturated carbocycles. The van der Waals surface area contributed by atoms with Gasteiger partial charge in [-0.05, 0) is 24.6 Å². The first-order valence-electron chi connectivity index (χ1n) is 6.86. The summed E-state index contributed by atoms with van der Waals surface area (Å²) < 4.78 is 6.01. The zero-order valence-corrected chi connectivity index (χ0v) is 12.7. The maximum Gasteiger partial charge on any atom is 0.123 e. The van der Waals surface area contributed by atoms with E-state index in [-0.39, 0.29) is 0 Å². The minimum atomic E-state index is 0.332. The van der Waals surface area contributed by atoms with Gasteiger partial charge in [0.05, 0.1) is 0 Å². The Morgan fingerprint density at radius 2 is 2.17 bits per heavy atom. The van der Waals surface area contributed by atoms with Gasteiger partial charge in [-0.2, -0.15) is 0 Å². The third-order valence-corrected chi connectivity index (χ3v) is 3.76. The molecule has 0 N–H and O–H groups in total. The number of para-hydroxylation sites is 1. The summed E-state index contributed by atoms with van der Waals surface area (Å²) in [5, 5.41) is 1.04. The predicted molar refractivity (Wildman–Crippen MR) is 79.7 cm³/mol. The molecule has 0 bridgehead atoms. The van der Waals surface area contributed by atoms with Crippen molar-refractivity contribution in [1.82, 2.24) is 4.90 Å². The number of halogens is 1. The van der Waals surface area contributed by atoms with E-state index in [0.717, 1.165) is 30.6 Å². The van der Waals surface area contributed by atoms with E-state index < -0.39 is 0 Å². The van der Waals surface area contributed by atoms with E-state index in [9.17, 15) is 0 Å². The van der Waals surface area contributed by atoms with Crippen LogP contribution in [0, 0.1) is 0 Å². The van der Waals surface area contributed by atoms with E-state index in [4.69, 9.17) is 4.74 Å². The summed E-state index contributed by atoms with van der Waals surface area (Å²) in [6.45, 7) is 5.57.